The molecule has 0 spiro atoms. The fourth-order valence-corrected chi connectivity index (χ4v) is 5.05. The molecular weight excluding hydrogens is 457 g/mol. The first kappa shape index (κ1) is 22.9. The van der Waals surface area contributed by atoms with Crippen LogP contribution in [-0.2, 0) is 17.9 Å². The summed E-state index contributed by atoms with van der Waals surface area (Å²) in [5, 5.41) is 10.6. The van der Waals surface area contributed by atoms with E-state index in [1.54, 1.807) is 25.4 Å². The van der Waals surface area contributed by atoms with Crippen LogP contribution in [0.4, 0.5) is 10.2 Å². The molecule has 0 atom stereocenters. The normalized spacial score (nSPS) is 20.1. The summed E-state index contributed by atoms with van der Waals surface area (Å²) in [7, 11) is 1.54. The maximum atomic E-state index is 14.5. The molecule has 0 bridgehead atoms. The van der Waals surface area contributed by atoms with E-state index >= 15 is 0 Å². The molecule has 3 aromatic heterocycles. The number of pyridine rings is 2. The van der Waals surface area contributed by atoms with Crippen LogP contribution in [0.3, 0.4) is 0 Å². The lowest BCUT2D eigenvalue weighted by Crippen LogP contribution is -2.39. The molecule has 178 valence electrons. The first-order chi connectivity index (χ1) is 16.6. The fourth-order valence-electron chi connectivity index (χ4n) is 4.35. The summed E-state index contributed by atoms with van der Waals surface area (Å²) in [6, 6.07) is 4.20. The molecule has 3 N–H and O–H groups in total. The molecule has 4 heterocycles. The number of carbonyl (C=O) groups is 1. The Balaban J connectivity index is 1.13. The maximum Gasteiger partial charge on any atom is 0.236 e. The summed E-state index contributed by atoms with van der Waals surface area (Å²) >= 11 is 1.41. The minimum absolute atomic E-state index is 0.0442. The summed E-state index contributed by atoms with van der Waals surface area (Å²) in [5.74, 6) is 0.966. The van der Waals surface area contributed by atoms with E-state index in [1.807, 2.05) is 0 Å². The Hall–Kier alpha value is -2.89. The quantitative estimate of drug-likeness (QED) is 0.467. The number of ether oxygens (including phenoxy) is 1. The number of thioether (sulfide) groups is 1. The average molecular weight is 484 g/mol. The molecule has 1 amide bonds. The molecule has 1 aliphatic heterocycles. The SMILES string of the molecule is COc1ccc2ncc(F)c(CN[C@H]3CC[C@H](NCc4cnc5c(n4)NC(=O)CS5)CC3)c2n1. The molecule has 34 heavy (non-hydrogen) atoms. The molecule has 1 saturated carbocycles. The minimum atomic E-state index is -0.364. The highest BCUT2D eigenvalue weighted by Crippen LogP contribution is 2.27. The van der Waals surface area contributed by atoms with Gasteiger partial charge in [-0.25, -0.2) is 19.3 Å². The summed E-state index contributed by atoms with van der Waals surface area (Å²) in [6.45, 7) is 0.994. The number of nitrogens with one attached hydrogen (secondary N) is 3. The Bertz CT molecular complexity index is 1200. The van der Waals surface area contributed by atoms with Gasteiger partial charge in [0.05, 0.1) is 36.5 Å². The Kier molecular flexibility index (Phi) is 6.84. The van der Waals surface area contributed by atoms with Gasteiger partial charge < -0.3 is 20.7 Å². The van der Waals surface area contributed by atoms with E-state index in [1.165, 1.54) is 18.0 Å². The van der Waals surface area contributed by atoms with Crippen molar-refractivity contribution >= 4 is 34.5 Å². The number of carbonyl (C=O) groups excluding carboxylic acids is 1. The Morgan fingerprint density at radius 2 is 1.85 bits per heavy atom. The van der Waals surface area contributed by atoms with Crippen molar-refractivity contribution in [3.63, 3.8) is 0 Å². The number of hydrogen-bond donors (Lipinski definition) is 3. The number of halogens is 1. The van der Waals surface area contributed by atoms with Crippen molar-refractivity contribution in [1.82, 2.24) is 30.6 Å². The van der Waals surface area contributed by atoms with E-state index in [4.69, 9.17) is 4.74 Å². The number of aromatic nitrogens is 4. The Labute approximate surface area is 200 Å². The van der Waals surface area contributed by atoms with Gasteiger partial charge in [0.1, 0.15) is 16.4 Å². The molecule has 11 heteroatoms. The van der Waals surface area contributed by atoms with Crippen molar-refractivity contribution in [1.29, 1.82) is 0 Å². The van der Waals surface area contributed by atoms with Gasteiger partial charge in [0.15, 0.2) is 5.82 Å². The van der Waals surface area contributed by atoms with Gasteiger partial charge in [0.25, 0.3) is 0 Å². The number of rotatable bonds is 7. The van der Waals surface area contributed by atoms with Crippen LogP contribution in [0.1, 0.15) is 36.9 Å². The van der Waals surface area contributed by atoms with Crippen molar-refractivity contribution in [2.45, 2.75) is 55.9 Å². The number of amides is 1. The zero-order valence-electron chi connectivity index (χ0n) is 18.8. The summed E-state index contributed by atoms with van der Waals surface area (Å²) in [6.07, 6.45) is 7.01. The topological polar surface area (TPSA) is 114 Å². The smallest absolute Gasteiger partial charge is 0.236 e. The van der Waals surface area contributed by atoms with Crippen molar-refractivity contribution in [2.75, 3.05) is 18.2 Å². The van der Waals surface area contributed by atoms with Gasteiger partial charge in [0, 0.05) is 36.8 Å². The molecular formula is C23H26FN7O2S. The highest BCUT2D eigenvalue weighted by Gasteiger charge is 2.23. The van der Waals surface area contributed by atoms with Gasteiger partial charge in [-0.15, -0.1) is 0 Å². The van der Waals surface area contributed by atoms with E-state index in [0.29, 0.717) is 59.2 Å². The van der Waals surface area contributed by atoms with Crippen molar-refractivity contribution in [3.8, 4) is 5.88 Å². The number of methoxy groups -OCH3 is 1. The number of fused-ring (bicyclic) bond motifs is 2. The summed E-state index contributed by atoms with van der Waals surface area (Å²) in [4.78, 5) is 29.0. The lowest BCUT2D eigenvalue weighted by molar-refractivity contribution is -0.113. The molecule has 0 radical (unpaired) electrons. The van der Waals surface area contributed by atoms with E-state index in [0.717, 1.165) is 36.4 Å². The van der Waals surface area contributed by atoms with Crippen molar-refractivity contribution < 1.29 is 13.9 Å². The van der Waals surface area contributed by atoms with Crippen LogP contribution in [0, 0.1) is 5.82 Å². The van der Waals surface area contributed by atoms with Crippen molar-refractivity contribution in [3.05, 3.63) is 41.6 Å². The molecule has 3 aromatic rings. The largest absolute Gasteiger partial charge is 0.481 e. The highest BCUT2D eigenvalue weighted by atomic mass is 32.2. The number of nitrogens with zero attached hydrogens (tertiary/aromatic N) is 4. The van der Waals surface area contributed by atoms with Crippen LogP contribution in [0.2, 0.25) is 0 Å². The van der Waals surface area contributed by atoms with Gasteiger partial charge in [-0.3, -0.25) is 9.78 Å². The third-order valence-electron chi connectivity index (χ3n) is 6.20. The molecule has 0 unspecified atom stereocenters. The van der Waals surface area contributed by atoms with Gasteiger partial charge >= 0.3 is 0 Å². The van der Waals surface area contributed by atoms with Crippen LogP contribution in [0.25, 0.3) is 11.0 Å². The second-order valence-corrected chi connectivity index (χ2v) is 9.43. The second-order valence-electron chi connectivity index (χ2n) is 8.47. The van der Waals surface area contributed by atoms with E-state index in [9.17, 15) is 9.18 Å². The Morgan fingerprint density at radius 3 is 2.62 bits per heavy atom. The van der Waals surface area contributed by atoms with Crippen LogP contribution in [0.5, 0.6) is 5.88 Å². The van der Waals surface area contributed by atoms with E-state index in [-0.39, 0.29) is 11.7 Å². The van der Waals surface area contributed by atoms with Crippen LogP contribution >= 0.6 is 11.8 Å². The summed E-state index contributed by atoms with van der Waals surface area (Å²) in [5.41, 5.74) is 2.50. The molecule has 1 aliphatic carbocycles. The van der Waals surface area contributed by atoms with Crippen LogP contribution < -0.4 is 20.7 Å². The summed E-state index contributed by atoms with van der Waals surface area (Å²) < 4.78 is 19.7. The molecule has 9 nitrogen and oxygen atoms in total. The van der Waals surface area contributed by atoms with E-state index in [2.05, 4.69) is 35.9 Å². The molecule has 0 saturated heterocycles. The highest BCUT2D eigenvalue weighted by molar-refractivity contribution is 8.00. The predicted octanol–water partition coefficient (Wildman–Crippen LogP) is 2.80. The van der Waals surface area contributed by atoms with Crippen LogP contribution in [-0.4, -0.2) is 50.8 Å². The first-order valence-electron chi connectivity index (χ1n) is 11.3. The zero-order valence-corrected chi connectivity index (χ0v) is 19.6. The molecule has 0 aromatic carbocycles. The predicted molar refractivity (Wildman–Crippen MR) is 127 cm³/mol. The third kappa shape index (κ3) is 5.11. The monoisotopic (exact) mass is 483 g/mol. The van der Waals surface area contributed by atoms with Gasteiger partial charge in [-0.2, -0.15) is 0 Å². The zero-order chi connectivity index (χ0) is 23.5. The van der Waals surface area contributed by atoms with Gasteiger partial charge in [-0.05, 0) is 31.7 Å². The molecule has 1 fully saturated rings. The number of anilines is 1. The van der Waals surface area contributed by atoms with Crippen LogP contribution in [0.15, 0.2) is 29.6 Å². The minimum Gasteiger partial charge on any atom is -0.481 e. The number of hydrogen-bond acceptors (Lipinski definition) is 9. The second kappa shape index (κ2) is 10.2. The Morgan fingerprint density at radius 1 is 1.09 bits per heavy atom. The van der Waals surface area contributed by atoms with Gasteiger partial charge in [0.2, 0.25) is 11.8 Å². The van der Waals surface area contributed by atoms with E-state index < -0.39 is 0 Å². The standard InChI is InChI=1S/C23H26FN7O2S/c1-33-20-7-6-18-21(31-20)16(17(24)11-27-18)10-26-14-4-2-13(3-5-14)25-8-15-9-28-23-22(29-15)30-19(32)12-34-23/h6-7,9,11,13-14,25-26H,2-5,8,10,12H2,1H3,(H,29,30,32)/t13-,14-. The fraction of sp³-hybridized carbons (Fsp3) is 0.435. The average Bonchev–Trinajstić information content (AvgIpc) is 2.87. The first-order valence-corrected chi connectivity index (χ1v) is 12.3. The van der Waals surface area contributed by atoms with Gasteiger partial charge in [-0.1, -0.05) is 11.8 Å². The lowest BCUT2D eigenvalue weighted by Gasteiger charge is -2.30. The maximum absolute atomic E-state index is 14.5. The molecule has 2 aliphatic rings. The molecule has 5 rings (SSSR count). The lowest BCUT2D eigenvalue weighted by atomic mass is 9.91. The van der Waals surface area contributed by atoms with Crippen molar-refractivity contribution in [2.24, 2.45) is 0 Å². The third-order valence-corrected chi connectivity index (χ3v) is 7.18.